The van der Waals surface area contributed by atoms with Gasteiger partial charge in [0, 0.05) is 12.5 Å². The average molecular weight is 170 g/mol. The van der Waals surface area contributed by atoms with Gasteiger partial charge in [0.15, 0.2) is 0 Å². The third-order valence-corrected chi connectivity index (χ3v) is 2.35. The predicted molar refractivity (Wildman–Crippen MR) is 45.4 cm³/mol. The molecule has 4 N–H and O–H groups in total. The summed E-state index contributed by atoms with van der Waals surface area (Å²) in [4.78, 5) is 10.5. The van der Waals surface area contributed by atoms with Crippen LogP contribution >= 0.6 is 0 Å². The van der Waals surface area contributed by atoms with Crippen molar-refractivity contribution in [1.82, 2.24) is 0 Å². The summed E-state index contributed by atoms with van der Waals surface area (Å²) in [6.45, 7) is 3.58. The maximum atomic E-state index is 10.5. The molecule has 0 aromatic carbocycles. The number of hydrogen-bond acceptors (Lipinski definition) is 3. The molecule has 1 amide bonds. The zero-order valence-corrected chi connectivity index (χ0v) is 6.95. The average Bonchev–Trinajstić information content (AvgIpc) is 2.00. The molecular formula is C8H14N2O2. The molecule has 1 aliphatic rings. The first-order valence-corrected chi connectivity index (χ1v) is 3.95. The zero-order chi connectivity index (χ0) is 9.19. The number of amides is 1. The van der Waals surface area contributed by atoms with Crippen LogP contribution in [0.25, 0.3) is 0 Å². The Hall–Kier alpha value is -1.03. The molecule has 1 fully saturated rings. The van der Waals surface area contributed by atoms with Crippen LogP contribution in [0.4, 0.5) is 4.79 Å². The molecule has 4 heteroatoms. The fourth-order valence-corrected chi connectivity index (χ4v) is 1.50. The van der Waals surface area contributed by atoms with Crippen molar-refractivity contribution in [3.05, 3.63) is 12.7 Å². The molecule has 2 atom stereocenters. The molecule has 0 unspecified atom stereocenters. The Morgan fingerprint density at radius 3 is 2.75 bits per heavy atom. The molecule has 12 heavy (non-hydrogen) atoms. The summed E-state index contributed by atoms with van der Waals surface area (Å²) in [5.74, 6) is 0. The lowest BCUT2D eigenvalue weighted by Crippen LogP contribution is -2.59. The van der Waals surface area contributed by atoms with Gasteiger partial charge in [-0.05, 0) is 12.8 Å². The molecule has 0 saturated heterocycles. The van der Waals surface area contributed by atoms with E-state index in [0.717, 1.165) is 12.8 Å². The normalized spacial score (nSPS) is 33.6. The second-order valence-electron chi connectivity index (χ2n) is 3.12. The van der Waals surface area contributed by atoms with Gasteiger partial charge in [-0.15, -0.1) is 6.58 Å². The molecule has 0 radical (unpaired) electrons. The number of carbonyl (C=O) groups is 1. The molecule has 0 spiro atoms. The fourth-order valence-electron chi connectivity index (χ4n) is 1.50. The van der Waals surface area contributed by atoms with Crippen LogP contribution in [-0.4, -0.2) is 17.7 Å². The molecule has 0 heterocycles. The summed E-state index contributed by atoms with van der Waals surface area (Å²) in [7, 11) is 0. The van der Waals surface area contributed by atoms with Crippen LogP contribution in [0.2, 0.25) is 0 Å². The first-order valence-electron chi connectivity index (χ1n) is 3.95. The van der Waals surface area contributed by atoms with Gasteiger partial charge < -0.3 is 16.2 Å². The number of ether oxygens (including phenoxy) is 1. The Bertz CT molecular complexity index is 205. The van der Waals surface area contributed by atoms with E-state index in [1.54, 1.807) is 6.08 Å². The number of carbonyl (C=O) groups excluding carboxylic acids is 1. The molecule has 1 rings (SSSR count). The van der Waals surface area contributed by atoms with Crippen LogP contribution < -0.4 is 11.5 Å². The van der Waals surface area contributed by atoms with E-state index in [0.29, 0.717) is 6.42 Å². The molecule has 0 bridgehead atoms. The number of nitrogens with two attached hydrogens (primary N) is 2. The van der Waals surface area contributed by atoms with Gasteiger partial charge in [-0.2, -0.15) is 0 Å². The van der Waals surface area contributed by atoms with Crippen molar-refractivity contribution in [2.24, 2.45) is 11.5 Å². The smallest absolute Gasteiger partial charge is 0.405 e. The first kappa shape index (κ1) is 9.06. The molecule has 1 saturated carbocycles. The van der Waals surface area contributed by atoms with Gasteiger partial charge in [-0.3, -0.25) is 0 Å². The highest BCUT2D eigenvalue weighted by atomic mass is 16.6. The highest BCUT2D eigenvalue weighted by Crippen LogP contribution is 2.37. The summed E-state index contributed by atoms with van der Waals surface area (Å²) in [6, 6.07) is -0.0944. The molecule has 1 aliphatic carbocycles. The van der Waals surface area contributed by atoms with E-state index in [1.165, 1.54) is 0 Å². The fraction of sp³-hybridized carbons (Fsp3) is 0.625. The first-order chi connectivity index (χ1) is 5.60. The summed E-state index contributed by atoms with van der Waals surface area (Å²) < 4.78 is 4.97. The SMILES string of the molecule is C=CC[C@@]1(OC(N)=O)CC[C@H]1N. The van der Waals surface area contributed by atoms with E-state index in [4.69, 9.17) is 16.2 Å². The van der Waals surface area contributed by atoms with Gasteiger partial charge in [0.2, 0.25) is 0 Å². The minimum atomic E-state index is -0.757. The minimum Gasteiger partial charge on any atom is -0.441 e. The van der Waals surface area contributed by atoms with Gasteiger partial charge in [-0.1, -0.05) is 6.08 Å². The molecule has 68 valence electrons. The number of primary amides is 1. The Balaban J connectivity index is 2.59. The Morgan fingerprint density at radius 1 is 1.83 bits per heavy atom. The van der Waals surface area contributed by atoms with Crippen molar-refractivity contribution in [3.8, 4) is 0 Å². The predicted octanol–water partition coefficient (Wildman–Crippen LogP) is 0.518. The highest BCUT2D eigenvalue weighted by molar-refractivity contribution is 5.65. The zero-order valence-electron chi connectivity index (χ0n) is 6.95. The van der Waals surface area contributed by atoms with Crippen molar-refractivity contribution >= 4 is 6.09 Å². The van der Waals surface area contributed by atoms with E-state index < -0.39 is 11.7 Å². The highest BCUT2D eigenvalue weighted by Gasteiger charge is 2.46. The topological polar surface area (TPSA) is 78.3 Å². The molecule has 0 aliphatic heterocycles. The summed E-state index contributed by atoms with van der Waals surface area (Å²) in [5, 5.41) is 0. The standard InChI is InChI=1S/C8H14N2O2/c1-2-4-8(12-7(10)11)5-3-6(8)9/h2,6H,1,3-5,9H2,(H2,10,11)/t6-,8-/m1/s1. The maximum Gasteiger partial charge on any atom is 0.405 e. The van der Waals surface area contributed by atoms with Gasteiger partial charge in [0.25, 0.3) is 0 Å². The van der Waals surface area contributed by atoms with Crippen LogP contribution in [0.5, 0.6) is 0 Å². The molecule has 0 aromatic rings. The number of rotatable bonds is 3. The summed E-state index contributed by atoms with van der Waals surface area (Å²) in [6.07, 6.45) is 3.18. The van der Waals surface area contributed by atoms with E-state index in [1.807, 2.05) is 0 Å². The minimum absolute atomic E-state index is 0.0944. The van der Waals surface area contributed by atoms with Crippen LogP contribution in [0.1, 0.15) is 19.3 Å². The molecular weight excluding hydrogens is 156 g/mol. The van der Waals surface area contributed by atoms with Crippen LogP contribution in [0.3, 0.4) is 0 Å². The van der Waals surface area contributed by atoms with Crippen molar-refractivity contribution in [1.29, 1.82) is 0 Å². The maximum absolute atomic E-state index is 10.5. The van der Waals surface area contributed by atoms with Crippen molar-refractivity contribution < 1.29 is 9.53 Å². The van der Waals surface area contributed by atoms with Gasteiger partial charge >= 0.3 is 6.09 Å². The third-order valence-electron chi connectivity index (χ3n) is 2.35. The molecule has 4 nitrogen and oxygen atoms in total. The Labute approximate surface area is 71.6 Å². The van der Waals surface area contributed by atoms with Crippen LogP contribution in [-0.2, 0) is 4.74 Å². The Kier molecular flexibility index (Phi) is 2.38. The van der Waals surface area contributed by atoms with E-state index in [-0.39, 0.29) is 6.04 Å². The Morgan fingerprint density at radius 2 is 2.50 bits per heavy atom. The lowest BCUT2D eigenvalue weighted by Gasteiger charge is -2.45. The van der Waals surface area contributed by atoms with Gasteiger partial charge in [-0.25, -0.2) is 4.79 Å². The lowest BCUT2D eigenvalue weighted by molar-refractivity contribution is -0.0592. The van der Waals surface area contributed by atoms with E-state index in [2.05, 4.69) is 6.58 Å². The van der Waals surface area contributed by atoms with Crippen LogP contribution in [0, 0.1) is 0 Å². The van der Waals surface area contributed by atoms with E-state index >= 15 is 0 Å². The lowest BCUT2D eigenvalue weighted by atomic mass is 9.73. The number of hydrogen-bond donors (Lipinski definition) is 2. The van der Waals surface area contributed by atoms with Crippen LogP contribution in [0.15, 0.2) is 12.7 Å². The van der Waals surface area contributed by atoms with Crippen molar-refractivity contribution in [2.45, 2.75) is 30.9 Å². The monoisotopic (exact) mass is 170 g/mol. The van der Waals surface area contributed by atoms with Crippen molar-refractivity contribution in [3.63, 3.8) is 0 Å². The second-order valence-corrected chi connectivity index (χ2v) is 3.12. The summed E-state index contributed by atoms with van der Waals surface area (Å²) >= 11 is 0. The summed E-state index contributed by atoms with van der Waals surface area (Å²) in [5.41, 5.74) is 10.1. The largest absolute Gasteiger partial charge is 0.441 e. The van der Waals surface area contributed by atoms with Crippen molar-refractivity contribution in [2.75, 3.05) is 0 Å². The quantitative estimate of drug-likeness (QED) is 0.606. The third kappa shape index (κ3) is 1.43. The van der Waals surface area contributed by atoms with Gasteiger partial charge in [0.1, 0.15) is 5.60 Å². The second kappa shape index (κ2) is 3.15. The van der Waals surface area contributed by atoms with E-state index in [9.17, 15) is 4.79 Å². The van der Waals surface area contributed by atoms with Gasteiger partial charge in [0.05, 0.1) is 0 Å². The molecule has 0 aromatic heterocycles.